The molecule has 1 amide bonds. The molecule has 0 bridgehead atoms. The van der Waals surface area contributed by atoms with Crippen LogP contribution in [-0.4, -0.2) is 48.1 Å². The highest BCUT2D eigenvalue weighted by Crippen LogP contribution is 2.25. The van der Waals surface area contributed by atoms with Crippen LogP contribution in [0.2, 0.25) is 0 Å². The molecule has 0 saturated carbocycles. The first-order chi connectivity index (χ1) is 8.51. The summed E-state index contributed by atoms with van der Waals surface area (Å²) in [5, 5.41) is 19.4. The van der Waals surface area contributed by atoms with Crippen LogP contribution in [0.5, 0.6) is 5.75 Å². The fourth-order valence-corrected chi connectivity index (χ4v) is 1.43. The van der Waals surface area contributed by atoms with E-state index in [0.717, 1.165) is 0 Å². The van der Waals surface area contributed by atoms with Crippen LogP contribution in [0, 0.1) is 10.1 Å². The molecular formula is C11H14N2O5. The van der Waals surface area contributed by atoms with Crippen molar-refractivity contribution in [1.82, 2.24) is 4.90 Å². The van der Waals surface area contributed by atoms with E-state index in [1.807, 2.05) is 0 Å². The number of amides is 1. The third kappa shape index (κ3) is 2.95. The highest BCUT2D eigenvalue weighted by molar-refractivity contribution is 5.97. The van der Waals surface area contributed by atoms with Gasteiger partial charge in [0.2, 0.25) is 0 Å². The van der Waals surface area contributed by atoms with Crippen molar-refractivity contribution in [2.45, 2.75) is 0 Å². The van der Waals surface area contributed by atoms with Gasteiger partial charge in [0.1, 0.15) is 5.75 Å². The number of non-ortho nitro benzene ring substituents is 1. The molecule has 0 aliphatic rings. The lowest BCUT2D eigenvalue weighted by Gasteiger charge is -2.17. The third-order valence-electron chi connectivity index (χ3n) is 2.41. The fourth-order valence-electron chi connectivity index (χ4n) is 1.43. The van der Waals surface area contributed by atoms with Gasteiger partial charge in [0.15, 0.2) is 0 Å². The zero-order valence-corrected chi connectivity index (χ0v) is 10.1. The number of nitro benzene ring substituents is 1. The molecule has 0 atom stereocenters. The lowest BCUT2D eigenvalue weighted by molar-refractivity contribution is -0.384. The van der Waals surface area contributed by atoms with Crippen LogP contribution in [0.1, 0.15) is 10.4 Å². The maximum absolute atomic E-state index is 12.0. The minimum Gasteiger partial charge on any atom is -0.496 e. The Morgan fingerprint density at radius 1 is 1.56 bits per heavy atom. The number of likely N-dealkylation sites (N-methyl/N-ethyl adjacent to an activating group) is 1. The number of carbonyl (C=O) groups excluding carboxylic acids is 1. The second-order valence-electron chi connectivity index (χ2n) is 3.59. The van der Waals surface area contributed by atoms with Gasteiger partial charge in [-0.05, 0) is 6.07 Å². The summed E-state index contributed by atoms with van der Waals surface area (Å²) in [6.07, 6.45) is 0. The predicted molar refractivity (Wildman–Crippen MR) is 63.7 cm³/mol. The number of nitro groups is 1. The molecule has 0 fully saturated rings. The zero-order chi connectivity index (χ0) is 13.7. The number of hydrogen-bond acceptors (Lipinski definition) is 5. The normalized spacial score (nSPS) is 9.94. The van der Waals surface area contributed by atoms with Crippen molar-refractivity contribution >= 4 is 11.6 Å². The van der Waals surface area contributed by atoms with Crippen molar-refractivity contribution in [2.75, 3.05) is 27.3 Å². The Balaban J connectivity index is 3.09. The minimum atomic E-state index is -0.561. The van der Waals surface area contributed by atoms with Gasteiger partial charge in [0.25, 0.3) is 11.6 Å². The Labute approximate surface area is 104 Å². The van der Waals surface area contributed by atoms with E-state index in [0.29, 0.717) is 0 Å². The molecule has 7 nitrogen and oxygen atoms in total. The molecule has 0 aliphatic carbocycles. The van der Waals surface area contributed by atoms with Crippen LogP contribution in [0.3, 0.4) is 0 Å². The summed E-state index contributed by atoms with van der Waals surface area (Å²) < 4.78 is 4.97. The van der Waals surface area contributed by atoms with Gasteiger partial charge in [-0.25, -0.2) is 0 Å². The summed E-state index contributed by atoms with van der Waals surface area (Å²) in [5.41, 5.74) is 0.0762. The maximum atomic E-state index is 12.0. The first-order valence-corrected chi connectivity index (χ1v) is 5.20. The number of benzene rings is 1. The smallest absolute Gasteiger partial charge is 0.273 e. The van der Waals surface area contributed by atoms with Crippen molar-refractivity contribution < 1.29 is 19.6 Å². The summed E-state index contributed by atoms with van der Waals surface area (Å²) >= 11 is 0. The van der Waals surface area contributed by atoms with Gasteiger partial charge in [-0.1, -0.05) is 0 Å². The van der Waals surface area contributed by atoms with E-state index >= 15 is 0 Å². The largest absolute Gasteiger partial charge is 0.496 e. The molecule has 7 heteroatoms. The van der Waals surface area contributed by atoms with E-state index in [-0.39, 0.29) is 36.1 Å². The Morgan fingerprint density at radius 3 is 2.72 bits per heavy atom. The van der Waals surface area contributed by atoms with Gasteiger partial charge in [0.05, 0.1) is 30.3 Å². The number of ether oxygens (including phenoxy) is 1. The fraction of sp³-hybridized carbons (Fsp3) is 0.364. The van der Waals surface area contributed by atoms with Crippen molar-refractivity contribution in [2.24, 2.45) is 0 Å². The molecular weight excluding hydrogens is 240 g/mol. The molecule has 1 aromatic carbocycles. The van der Waals surface area contributed by atoms with Gasteiger partial charge < -0.3 is 14.7 Å². The maximum Gasteiger partial charge on any atom is 0.273 e. The van der Waals surface area contributed by atoms with Gasteiger partial charge in [-0.2, -0.15) is 0 Å². The Kier molecular flexibility index (Phi) is 4.61. The molecule has 0 aromatic heterocycles. The second-order valence-corrected chi connectivity index (χ2v) is 3.59. The molecule has 1 N–H and O–H groups in total. The van der Waals surface area contributed by atoms with Crippen molar-refractivity contribution in [3.8, 4) is 5.75 Å². The summed E-state index contributed by atoms with van der Waals surface area (Å²) in [6, 6.07) is 3.77. The molecule has 0 saturated heterocycles. The van der Waals surface area contributed by atoms with E-state index in [9.17, 15) is 14.9 Å². The van der Waals surface area contributed by atoms with E-state index < -0.39 is 4.92 Å². The number of aliphatic hydroxyl groups is 1. The highest BCUT2D eigenvalue weighted by Gasteiger charge is 2.19. The summed E-state index contributed by atoms with van der Waals surface area (Å²) in [4.78, 5) is 23.3. The van der Waals surface area contributed by atoms with Crippen LogP contribution in [0.4, 0.5) is 5.69 Å². The molecule has 1 aromatic rings. The number of nitrogens with zero attached hydrogens (tertiary/aromatic N) is 2. The summed E-state index contributed by atoms with van der Waals surface area (Å²) in [7, 11) is 2.86. The second kappa shape index (κ2) is 5.97. The highest BCUT2D eigenvalue weighted by atomic mass is 16.6. The van der Waals surface area contributed by atoms with Gasteiger partial charge in [-0.15, -0.1) is 0 Å². The Morgan fingerprint density at radius 2 is 2.22 bits per heavy atom. The Hall–Kier alpha value is -2.15. The minimum absolute atomic E-state index is 0.138. The van der Waals surface area contributed by atoms with Crippen LogP contribution < -0.4 is 4.74 Å². The molecule has 0 aliphatic heterocycles. The van der Waals surface area contributed by atoms with Gasteiger partial charge in [-0.3, -0.25) is 14.9 Å². The lowest BCUT2D eigenvalue weighted by atomic mass is 10.1. The number of carbonyl (C=O) groups is 1. The first kappa shape index (κ1) is 13.9. The van der Waals surface area contributed by atoms with E-state index in [4.69, 9.17) is 9.84 Å². The number of aliphatic hydroxyl groups excluding tert-OH is 1. The van der Waals surface area contributed by atoms with Crippen molar-refractivity contribution in [1.29, 1.82) is 0 Å². The van der Waals surface area contributed by atoms with Gasteiger partial charge in [0, 0.05) is 19.7 Å². The molecule has 0 heterocycles. The molecule has 18 heavy (non-hydrogen) atoms. The predicted octanol–water partition coefficient (Wildman–Crippen LogP) is 0.668. The van der Waals surface area contributed by atoms with E-state index in [2.05, 4.69) is 0 Å². The topological polar surface area (TPSA) is 92.9 Å². The van der Waals surface area contributed by atoms with Gasteiger partial charge >= 0.3 is 0 Å². The summed E-state index contributed by atoms with van der Waals surface area (Å²) in [5.74, 6) is -0.227. The number of hydrogen-bond donors (Lipinski definition) is 1. The average molecular weight is 254 g/mol. The molecule has 0 spiro atoms. The van der Waals surface area contributed by atoms with E-state index in [1.165, 1.54) is 37.3 Å². The molecule has 1 rings (SSSR count). The van der Waals surface area contributed by atoms with Crippen LogP contribution in [-0.2, 0) is 0 Å². The van der Waals surface area contributed by atoms with Crippen LogP contribution >= 0.6 is 0 Å². The molecule has 0 radical (unpaired) electrons. The van der Waals surface area contributed by atoms with Crippen molar-refractivity contribution in [3.63, 3.8) is 0 Å². The summed E-state index contributed by atoms with van der Waals surface area (Å²) in [6.45, 7) is 0.0243. The number of rotatable bonds is 5. The first-order valence-electron chi connectivity index (χ1n) is 5.20. The average Bonchev–Trinajstić information content (AvgIpc) is 2.37. The van der Waals surface area contributed by atoms with Crippen molar-refractivity contribution in [3.05, 3.63) is 33.9 Å². The monoisotopic (exact) mass is 254 g/mol. The zero-order valence-electron chi connectivity index (χ0n) is 10.1. The lowest BCUT2D eigenvalue weighted by Crippen LogP contribution is -2.29. The number of methoxy groups -OCH3 is 1. The quantitative estimate of drug-likeness (QED) is 0.615. The Bertz CT molecular complexity index is 461. The van der Waals surface area contributed by atoms with Crippen LogP contribution in [0.15, 0.2) is 18.2 Å². The molecule has 98 valence electrons. The SMILES string of the molecule is COc1cc([N+](=O)[O-])ccc1C(=O)N(C)CCO. The van der Waals surface area contributed by atoms with Crippen LogP contribution in [0.25, 0.3) is 0 Å². The standard InChI is InChI=1S/C11H14N2O5/c1-12(5-6-14)11(15)9-4-3-8(13(16)17)7-10(9)18-2/h3-4,7,14H,5-6H2,1-2H3. The third-order valence-corrected chi connectivity index (χ3v) is 2.41. The van der Waals surface area contributed by atoms with E-state index in [1.54, 1.807) is 0 Å². The molecule has 0 unspecified atom stereocenters.